The van der Waals surface area contributed by atoms with Crippen molar-refractivity contribution >= 4 is 10.9 Å². The predicted molar refractivity (Wildman–Crippen MR) is 171 cm³/mol. The zero-order valence-electron chi connectivity index (χ0n) is 25.7. The van der Waals surface area contributed by atoms with Gasteiger partial charge in [0.1, 0.15) is 23.4 Å². The highest BCUT2D eigenvalue weighted by atomic mass is 16.5. The number of ether oxygens (including phenoxy) is 1. The molecule has 0 amide bonds. The molecule has 0 spiro atoms. The maximum Gasteiger partial charge on any atom is 0.280 e. The number of nitrogens with zero attached hydrogens (tertiary/aromatic N) is 6. The maximum atomic E-state index is 14.2. The van der Waals surface area contributed by atoms with Crippen molar-refractivity contribution in [3.63, 3.8) is 0 Å². The Morgan fingerprint density at radius 2 is 1.86 bits per heavy atom. The van der Waals surface area contributed by atoms with Crippen LogP contribution in [0.2, 0.25) is 0 Å². The molecule has 0 unspecified atom stereocenters. The summed E-state index contributed by atoms with van der Waals surface area (Å²) in [5, 5.41) is 9.62. The van der Waals surface area contributed by atoms with Crippen LogP contribution in [0.5, 0.6) is 5.75 Å². The number of nitrogens with one attached hydrogen (secondary N) is 1. The molecule has 226 valence electrons. The van der Waals surface area contributed by atoms with Gasteiger partial charge in [-0.15, -0.1) is 10.2 Å². The van der Waals surface area contributed by atoms with E-state index in [2.05, 4.69) is 57.5 Å². The van der Waals surface area contributed by atoms with Crippen molar-refractivity contribution in [1.82, 2.24) is 34.2 Å². The van der Waals surface area contributed by atoms with Crippen LogP contribution in [0.3, 0.4) is 0 Å². The molecule has 4 aromatic heterocycles. The molecule has 2 aliphatic carbocycles. The van der Waals surface area contributed by atoms with Crippen molar-refractivity contribution in [2.24, 2.45) is 13.0 Å². The largest absolute Gasteiger partial charge is 0.497 e. The van der Waals surface area contributed by atoms with E-state index >= 15 is 0 Å². The lowest BCUT2D eigenvalue weighted by atomic mass is 9.98. The van der Waals surface area contributed by atoms with Gasteiger partial charge in [0.15, 0.2) is 5.82 Å². The van der Waals surface area contributed by atoms with Crippen LogP contribution >= 0.6 is 0 Å². The van der Waals surface area contributed by atoms with E-state index in [1.54, 1.807) is 18.0 Å². The first-order valence-corrected chi connectivity index (χ1v) is 16.0. The Bertz CT molecular complexity index is 1930. The van der Waals surface area contributed by atoms with Gasteiger partial charge in [-0.05, 0) is 110 Å². The number of likely N-dealkylation sites (tertiary alicyclic amines) is 1. The Hall–Kier alpha value is -4.24. The molecule has 3 fully saturated rings. The van der Waals surface area contributed by atoms with E-state index in [1.807, 2.05) is 23.7 Å². The van der Waals surface area contributed by atoms with Crippen LogP contribution in [-0.2, 0) is 13.6 Å². The Morgan fingerprint density at radius 3 is 2.59 bits per heavy atom. The number of piperidine rings is 1. The van der Waals surface area contributed by atoms with Gasteiger partial charge < -0.3 is 14.3 Å². The van der Waals surface area contributed by atoms with Crippen molar-refractivity contribution in [2.45, 2.75) is 63.8 Å². The first-order valence-electron chi connectivity index (χ1n) is 16.0. The van der Waals surface area contributed by atoms with Crippen molar-refractivity contribution < 1.29 is 4.74 Å². The summed E-state index contributed by atoms with van der Waals surface area (Å²) >= 11 is 0. The van der Waals surface area contributed by atoms with Crippen molar-refractivity contribution in [2.75, 3.05) is 20.2 Å². The molecule has 1 aliphatic heterocycles. The Labute approximate surface area is 256 Å². The molecule has 1 N–H and O–H groups in total. The van der Waals surface area contributed by atoms with E-state index in [0.29, 0.717) is 29.1 Å². The third-order valence-corrected chi connectivity index (χ3v) is 9.60. The summed E-state index contributed by atoms with van der Waals surface area (Å²) < 4.78 is 9.28. The van der Waals surface area contributed by atoms with Crippen molar-refractivity contribution in [1.29, 1.82) is 0 Å². The quantitative estimate of drug-likeness (QED) is 0.233. The zero-order chi connectivity index (χ0) is 29.9. The van der Waals surface area contributed by atoms with Crippen LogP contribution in [0.15, 0.2) is 53.7 Å². The SMILES string of the molecule is COc1ccc(-c2cc(C3CC3)nc(-n3cc(C4CC4)c4cc(CN5CCC[C@H](C)C5)[nH]c4c3=O)c2)c(-c2nncn2C)c1. The monoisotopic (exact) mass is 589 g/mol. The average molecular weight is 590 g/mol. The van der Waals surface area contributed by atoms with Gasteiger partial charge in [0, 0.05) is 54.6 Å². The lowest BCUT2D eigenvalue weighted by molar-refractivity contribution is 0.175. The summed E-state index contributed by atoms with van der Waals surface area (Å²) in [5.41, 5.74) is 6.98. The number of rotatable bonds is 8. The molecule has 1 aromatic carbocycles. The van der Waals surface area contributed by atoms with Crippen LogP contribution in [0.4, 0.5) is 0 Å². The van der Waals surface area contributed by atoms with Crippen molar-refractivity contribution in [3.8, 4) is 34.1 Å². The topological polar surface area (TPSA) is 93.9 Å². The van der Waals surface area contributed by atoms with Crippen LogP contribution in [-0.4, -0.2) is 54.4 Å². The summed E-state index contributed by atoms with van der Waals surface area (Å²) in [6.45, 7) is 5.41. The summed E-state index contributed by atoms with van der Waals surface area (Å²) in [6.07, 6.45) is 10.9. The summed E-state index contributed by atoms with van der Waals surface area (Å²) in [4.78, 5) is 25.4. The second kappa shape index (κ2) is 10.7. The summed E-state index contributed by atoms with van der Waals surface area (Å²) in [5.74, 6) is 3.78. The van der Waals surface area contributed by atoms with Gasteiger partial charge in [0.2, 0.25) is 0 Å². The van der Waals surface area contributed by atoms with Gasteiger partial charge >= 0.3 is 0 Å². The number of hydrogen-bond donors (Lipinski definition) is 1. The number of aromatic nitrogens is 6. The van der Waals surface area contributed by atoms with Crippen LogP contribution in [0.25, 0.3) is 39.2 Å². The van der Waals surface area contributed by atoms with Gasteiger partial charge in [-0.25, -0.2) is 4.98 Å². The lowest BCUT2D eigenvalue weighted by Gasteiger charge is -2.30. The average Bonchev–Trinajstić information content (AvgIpc) is 3.96. The molecule has 2 saturated carbocycles. The minimum absolute atomic E-state index is 0.0442. The van der Waals surface area contributed by atoms with Gasteiger partial charge in [0.05, 0.1) is 7.11 Å². The summed E-state index contributed by atoms with van der Waals surface area (Å²) in [7, 11) is 3.61. The Kier molecular flexibility index (Phi) is 6.66. The molecular weight excluding hydrogens is 550 g/mol. The fraction of sp³-hybridized carbons (Fsp3) is 0.429. The molecule has 3 aliphatic rings. The van der Waals surface area contributed by atoms with E-state index in [4.69, 9.17) is 9.72 Å². The minimum Gasteiger partial charge on any atom is -0.497 e. The molecule has 9 heteroatoms. The Balaban J connectivity index is 1.27. The van der Waals surface area contributed by atoms with Gasteiger partial charge in [0.25, 0.3) is 5.56 Å². The number of fused-ring (bicyclic) bond motifs is 1. The highest BCUT2D eigenvalue weighted by molar-refractivity contribution is 5.85. The lowest BCUT2D eigenvalue weighted by Crippen LogP contribution is -2.33. The zero-order valence-corrected chi connectivity index (χ0v) is 25.7. The van der Waals surface area contributed by atoms with Gasteiger partial charge in [-0.1, -0.05) is 6.92 Å². The molecule has 5 heterocycles. The third-order valence-electron chi connectivity index (χ3n) is 9.60. The highest BCUT2D eigenvalue weighted by Crippen LogP contribution is 2.44. The van der Waals surface area contributed by atoms with Crippen LogP contribution in [0, 0.1) is 5.92 Å². The fourth-order valence-corrected chi connectivity index (χ4v) is 6.96. The fourth-order valence-electron chi connectivity index (χ4n) is 6.96. The number of pyridine rings is 2. The predicted octanol–water partition coefficient (Wildman–Crippen LogP) is 6.17. The second-order valence-electron chi connectivity index (χ2n) is 13.2. The maximum absolute atomic E-state index is 14.2. The summed E-state index contributed by atoms with van der Waals surface area (Å²) in [6, 6.07) is 12.5. The van der Waals surface area contributed by atoms with E-state index < -0.39 is 0 Å². The third kappa shape index (κ3) is 5.03. The molecule has 44 heavy (non-hydrogen) atoms. The van der Waals surface area contributed by atoms with E-state index in [1.165, 1.54) is 18.4 Å². The minimum atomic E-state index is -0.0442. The highest BCUT2D eigenvalue weighted by Gasteiger charge is 2.30. The normalized spacial score (nSPS) is 19.1. The van der Waals surface area contributed by atoms with Crippen LogP contribution < -0.4 is 10.3 Å². The van der Waals surface area contributed by atoms with Crippen LogP contribution in [0.1, 0.15) is 74.2 Å². The molecule has 1 atom stereocenters. The molecular formula is C35H39N7O2. The second-order valence-corrected chi connectivity index (χ2v) is 13.2. The molecule has 5 aromatic rings. The molecule has 0 bridgehead atoms. The molecule has 1 saturated heterocycles. The van der Waals surface area contributed by atoms with E-state index in [0.717, 1.165) is 90.4 Å². The number of methoxy groups -OCH3 is 1. The number of H-pyrrole nitrogens is 1. The van der Waals surface area contributed by atoms with Gasteiger partial charge in [-0.3, -0.25) is 14.3 Å². The number of hydrogen-bond acceptors (Lipinski definition) is 6. The number of aryl methyl sites for hydroxylation is 1. The van der Waals surface area contributed by atoms with E-state index in [9.17, 15) is 4.79 Å². The Morgan fingerprint density at radius 1 is 1.02 bits per heavy atom. The van der Waals surface area contributed by atoms with Crippen molar-refractivity contribution in [3.05, 3.63) is 76.2 Å². The first-order chi connectivity index (χ1) is 21.4. The first kappa shape index (κ1) is 27.3. The molecule has 9 nitrogen and oxygen atoms in total. The van der Waals surface area contributed by atoms with Gasteiger partial charge in [-0.2, -0.15) is 0 Å². The van der Waals surface area contributed by atoms with E-state index in [-0.39, 0.29) is 5.56 Å². The number of benzene rings is 1. The smallest absolute Gasteiger partial charge is 0.280 e. The number of aromatic amines is 1. The standard InChI is InChI=1S/C35H39N7O2/c1-21-5-4-12-41(17-21)18-25-15-28-30(22-6-7-22)19-42(35(43)33(28)37-25)32-14-24(13-31(38-32)23-8-9-23)27-11-10-26(44-3)16-29(27)34-39-36-20-40(34)2/h10-11,13-16,19-23,37H,4-9,12,17-18H2,1-3H3/t21-/m0/s1. The molecule has 0 radical (unpaired) electrons. The molecule has 8 rings (SSSR count).